The Balaban J connectivity index is 2.42. The molecule has 0 atom stereocenters. The highest BCUT2D eigenvalue weighted by Gasteiger charge is 2.12. The highest BCUT2D eigenvalue weighted by molar-refractivity contribution is 6.31. The molecule has 0 aliphatic carbocycles. The van der Waals surface area contributed by atoms with Crippen LogP contribution in [0.5, 0.6) is 11.5 Å². The Hall–Kier alpha value is -0.890. The summed E-state index contributed by atoms with van der Waals surface area (Å²) < 4.78 is 6.03. The minimum atomic E-state index is 0.332. The summed E-state index contributed by atoms with van der Waals surface area (Å²) in [5.74, 6) is 2.18. The average Bonchev–Trinajstić information content (AvgIpc) is 2.42. The van der Waals surface area contributed by atoms with Gasteiger partial charge in [-0.15, -0.1) is 11.6 Å². The number of hydrogen-bond acceptors (Lipinski definition) is 1. The number of rotatable bonds is 4. The Morgan fingerprint density at radius 3 is 2.38 bits per heavy atom. The second kappa shape index (κ2) is 6.91. The number of alkyl halides is 1. The quantitative estimate of drug-likeness (QED) is 0.545. The van der Waals surface area contributed by atoms with Crippen LogP contribution in [0.15, 0.2) is 30.3 Å². The zero-order chi connectivity index (χ0) is 15.6. The molecule has 2 aromatic rings. The fourth-order valence-corrected chi connectivity index (χ4v) is 2.93. The summed E-state index contributed by atoms with van der Waals surface area (Å²) in [4.78, 5) is 0. The van der Waals surface area contributed by atoms with Crippen LogP contribution in [-0.2, 0) is 5.88 Å². The van der Waals surface area contributed by atoms with Gasteiger partial charge in [-0.3, -0.25) is 0 Å². The van der Waals surface area contributed by atoms with E-state index in [1.54, 1.807) is 6.07 Å². The fourth-order valence-electron chi connectivity index (χ4n) is 2.09. The van der Waals surface area contributed by atoms with E-state index in [9.17, 15) is 0 Å². The molecule has 0 bridgehead atoms. The molecule has 0 saturated carbocycles. The van der Waals surface area contributed by atoms with Crippen molar-refractivity contribution in [3.05, 3.63) is 57.1 Å². The molecular weight excluding hydrogens is 327 g/mol. The standard InChI is InChI=1S/C17H17Cl3O/c1-10(2)14-8-17(11(3)6-15(14)20)21-16-5-4-13(19)7-12(16)9-18/h4-8,10H,9H2,1-3H3. The summed E-state index contributed by atoms with van der Waals surface area (Å²) in [6.45, 7) is 6.18. The first-order valence-electron chi connectivity index (χ1n) is 6.74. The van der Waals surface area contributed by atoms with Gasteiger partial charge in [-0.2, -0.15) is 0 Å². The highest BCUT2D eigenvalue weighted by atomic mass is 35.5. The zero-order valence-electron chi connectivity index (χ0n) is 12.2. The molecule has 0 fully saturated rings. The van der Waals surface area contributed by atoms with Crippen LogP contribution < -0.4 is 4.74 Å². The van der Waals surface area contributed by atoms with Crippen molar-refractivity contribution in [2.75, 3.05) is 0 Å². The summed E-state index contributed by atoms with van der Waals surface area (Å²) in [7, 11) is 0. The highest BCUT2D eigenvalue weighted by Crippen LogP contribution is 2.35. The first-order valence-corrected chi connectivity index (χ1v) is 8.03. The predicted molar refractivity (Wildman–Crippen MR) is 91.4 cm³/mol. The molecule has 4 heteroatoms. The Kier molecular flexibility index (Phi) is 5.43. The summed E-state index contributed by atoms with van der Waals surface area (Å²) in [6.07, 6.45) is 0. The molecule has 0 aromatic heterocycles. The molecule has 0 aliphatic rings. The predicted octanol–water partition coefficient (Wildman–Crippen LogP) is 6.96. The largest absolute Gasteiger partial charge is 0.457 e. The lowest BCUT2D eigenvalue weighted by Gasteiger charge is -2.16. The van der Waals surface area contributed by atoms with Crippen LogP contribution >= 0.6 is 34.8 Å². The van der Waals surface area contributed by atoms with Gasteiger partial charge in [0.05, 0.1) is 5.88 Å². The second-order valence-corrected chi connectivity index (χ2v) is 6.39. The van der Waals surface area contributed by atoms with Crippen LogP contribution in [0.3, 0.4) is 0 Å². The molecule has 0 unspecified atom stereocenters. The van der Waals surface area contributed by atoms with Crippen LogP contribution in [0, 0.1) is 6.92 Å². The Morgan fingerprint density at radius 2 is 1.76 bits per heavy atom. The van der Waals surface area contributed by atoms with Crippen molar-refractivity contribution in [1.29, 1.82) is 0 Å². The smallest absolute Gasteiger partial charge is 0.131 e. The zero-order valence-corrected chi connectivity index (χ0v) is 14.5. The third kappa shape index (κ3) is 3.85. The van der Waals surface area contributed by atoms with Crippen molar-refractivity contribution in [1.82, 2.24) is 0 Å². The van der Waals surface area contributed by atoms with E-state index < -0.39 is 0 Å². The number of ether oxygens (including phenoxy) is 1. The second-order valence-electron chi connectivity index (χ2n) is 5.28. The lowest BCUT2D eigenvalue weighted by molar-refractivity contribution is 0.473. The molecule has 0 saturated heterocycles. The lowest BCUT2D eigenvalue weighted by atomic mass is 10.0. The van der Waals surface area contributed by atoms with Crippen LogP contribution in [0.2, 0.25) is 10.0 Å². The van der Waals surface area contributed by atoms with E-state index in [0.717, 1.165) is 33.2 Å². The molecule has 0 N–H and O–H groups in total. The molecule has 0 spiro atoms. The fraction of sp³-hybridized carbons (Fsp3) is 0.294. The van der Waals surface area contributed by atoms with Gasteiger partial charge in [-0.1, -0.05) is 37.0 Å². The average molecular weight is 344 g/mol. The molecule has 112 valence electrons. The molecule has 21 heavy (non-hydrogen) atoms. The van der Waals surface area contributed by atoms with Gasteiger partial charge >= 0.3 is 0 Å². The summed E-state index contributed by atoms with van der Waals surface area (Å²) in [6, 6.07) is 9.38. The van der Waals surface area contributed by atoms with E-state index in [1.807, 2.05) is 31.2 Å². The monoisotopic (exact) mass is 342 g/mol. The first-order chi connectivity index (χ1) is 9.92. The van der Waals surface area contributed by atoms with E-state index >= 15 is 0 Å². The maximum atomic E-state index is 6.28. The van der Waals surface area contributed by atoms with E-state index in [1.165, 1.54) is 0 Å². The van der Waals surface area contributed by atoms with Gasteiger partial charge in [0.2, 0.25) is 0 Å². The van der Waals surface area contributed by atoms with Gasteiger partial charge in [0.15, 0.2) is 0 Å². The molecule has 0 heterocycles. The molecule has 1 nitrogen and oxygen atoms in total. The van der Waals surface area contributed by atoms with Crippen molar-refractivity contribution >= 4 is 34.8 Å². The van der Waals surface area contributed by atoms with Gasteiger partial charge in [-0.25, -0.2) is 0 Å². The number of hydrogen-bond donors (Lipinski definition) is 0. The van der Waals surface area contributed by atoms with Crippen molar-refractivity contribution in [2.45, 2.75) is 32.6 Å². The molecule has 0 aliphatic heterocycles. The van der Waals surface area contributed by atoms with Crippen molar-refractivity contribution < 1.29 is 4.74 Å². The Labute approximate surface area is 140 Å². The normalized spacial score (nSPS) is 11.0. The van der Waals surface area contributed by atoms with Crippen LogP contribution in [-0.4, -0.2) is 0 Å². The Morgan fingerprint density at radius 1 is 1.05 bits per heavy atom. The van der Waals surface area contributed by atoms with Gasteiger partial charge in [0.1, 0.15) is 11.5 Å². The number of halogens is 3. The molecule has 2 rings (SSSR count). The SMILES string of the molecule is Cc1cc(Cl)c(C(C)C)cc1Oc1ccc(Cl)cc1CCl. The Bertz CT molecular complexity index is 651. The maximum absolute atomic E-state index is 6.28. The number of benzene rings is 2. The maximum Gasteiger partial charge on any atom is 0.131 e. The van der Waals surface area contributed by atoms with Crippen LogP contribution in [0.1, 0.15) is 36.5 Å². The van der Waals surface area contributed by atoms with Crippen LogP contribution in [0.25, 0.3) is 0 Å². The van der Waals surface area contributed by atoms with Crippen molar-refractivity contribution in [3.63, 3.8) is 0 Å². The third-order valence-corrected chi connectivity index (χ3v) is 4.15. The molecule has 0 radical (unpaired) electrons. The summed E-state index contributed by atoms with van der Waals surface area (Å²) in [5.41, 5.74) is 2.92. The van der Waals surface area contributed by atoms with Gasteiger partial charge in [0.25, 0.3) is 0 Å². The lowest BCUT2D eigenvalue weighted by Crippen LogP contribution is -1.96. The van der Waals surface area contributed by atoms with E-state index in [0.29, 0.717) is 16.8 Å². The number of aryl methyl sites for hydroxylation is 1. The van der Waals surface area contributed by atoms with Gasteiger partial charge in [0, 0.05) is 15.6 Å². The summed E-state index contributed by atoms with van der Waals surface area (Å²) >= 11 is 18.2. The molecular formula is C17H17Cl3O. The minimum absolute atomic E-state index is 0.332. The van der Waals surface area contributed by atoms with Crippen molar-refractivity contribution in [3.8, 4) is 11.5 Å². The van der Waals surface area contributed by atoms with E-state index in [4.69, 9.17) is 39.5 Å². The van der Waals surface area contributed by atoms with Crippen molar-refractivity contribution in [2.24, 2.45) is 0 Å². The van der Waals surface area contributed by atoms with Gasteiger partial charge in [-0.05, 0) is 54.3 Å². The topological polar surface area (TPSA) is 9.23 Å². The molecule has 2 aromatic carbocycles. The van der Waals surface area contributed by atoms with Crippen LogP contribution in [0.4, 0.5) is 0 Å². The molecule has 0 amide bonds. The minimum Gasteiger partial charge on any atom is -0.457 e. The third-order valence-electron chi connectivity index (χ3n) is 3.30. The van der Waals surface area contributed by atoms with Gasteiger partial charge < -0.3 is 4.74 Å². The first kappa shape index (κ1) is 16.5. The van der Waals surface area contributed by atoms with E-state index in [-0.39, 0.29) is 0 Å². The summed E-state index contributed by atoms with van der Waals surface area (Å²) in [5, 5.41) is 1.41. The van der Waals surface area contributed by atoms with E-state index in [2.05, 4.69) is 13.8 Å².